The molecule has 1 aliphatic carbocycles. The van der Waals surface area contributed by atoms with Gasteiger partial charge in [0.2, 0.25) is 0 Å². The number of rotatable bonds is 2. The average molecular weight is 217 g/mol. The Bertz CT molecular complexity index is 408. The van der Waals surface area contributed by atoms with E-state index in [1.807, 2.05) is 13.0 Å². The van der Waals surface area contributed by atoms with Crippen LogP contribution in [0.5, 0.6) is 0 Å². The van der Waals surface area contributed by atoms with Crippen LogP contribution in [0.15, 0.2) is 18.3 Å². The van der Waals surface area contributed by atoms with E-state index in [-0.39, 0.29) is 17.5 Å². The Balaban J connectivity index is 2.12. The molecule has 1 aromatic heterocycles. The summed E-state index contributed by atoms with van der Waals surface area (Å²) in [5, 5.41) is 0. The first-order valence-corrected chi connectivity index (χ1v) is 5.65. The second kappa shape index (κ2) is 4.56. The maximum Gasteiger partial charge on any atom is 0.167 e. The van der Waals surface area contributed by atoms with Crippen molar-refractivity contribution < 1.29 is 9.59 Å². The smallest absolute Gasteiger partial charge is 0.167 e. The number of hydrogen-bond donors (Lipinski definition) is 0. The fraction of sp³-hybridized carbons (Fsp3) is 0.462. The van der Waals surface area contributed by atoms with Crippen molar-refractivity contribution in [2.24, 2.45) is 5.92 Å². The van der Waals surface area contributed by atoms with Gasteiger partial charge in [0, 0.05) is 36.2 Å². The number of ketones is 2. The molecular formula is C13H15NO2. The standard InChI is InChI=1S/C13H15NO2/c1-9-5-6-11(8-14-9)13(16)10-3-2-4-12(15)7-10/h5-6,8,10H,2-4,7H2,1H3. The highest BCUT2D eigenvalue weighted by Crippen LogP contribution is 2.24. The predicted octanol–water partition coefficient (Wildman–Crippen LogP) is 2.33. The molecule has 3 nitrogen and oxygen atoms in total. The first-order chi connectivity index (χ1) is 7.66. The van der Waals surface area contributed by atoms with Crippen molar-refractivity contribution in [2.45, 2.75) is 32.6 Å². The fourth-order valence-electron chi connectivity index (χ4n) is 2.10. The van der Waals surface area contributed by atoms with Gasteiger partial charge in [0.05, 0.1) is 0 Å². The molecule has 1 saturated carbocycles. The lowest BCUT2D eigenvalue weighted by Gasteiger charge is -2.19. The van der Waals surface area contributed by atoms with Crippen LogP contribution in [0.4, 0.5) is 0 Å². The Morgan fingerprint density at radius 2 is 2.25 bits per heavy atom. The van der Waals surface area contributed by atoms with Crippen molar-refractivity contribution in [3.63, 3.8) is 0 Å². The molecule has 0 saturated heterocycles. The first-order valence-electron chi connectivity index (χ1n) is 5.65. The minimum atomic E-state index is -0.120. The Labute approximate surface area is 94.9 Å². The number of carbonyl (C=O) groups is 2. The van der Waals surface area contributed by atoms with E-state index in [1.165, 1.54) is 0 Å². The van der Waals surface area contributed by atoms with E-state index in [1.54, 1.807) is 12.3 Å². The second-order valence-corrected chi connectivity index (χ2v) is 4.38. The monoisotopic (exact) mass is 217 g/mol. The minimum absolute atomic E-state index is 0.0700. The summed E-state index contributed by atoms with van der Waals surface area (Å²) < 4.78 is 0. The van der Waals surface area contributed by atoms with Crippen molar-refractivity contribution in [3.05, 3.63) is 29.6 Å². The Kier molecular flexibility index (Phi) is 3.13. The Morgan fingerprint density at radius 3 is 2.88 bits per heavy atom. The topological polar surface area (TPSA) is 47.0 Å². The second-order valence-electron chi connectivity index (χ2n) is 4.38. The van der Waals surface area contributed by atoms with Crippen LogP contribution in [0, 0.1) is 12.8 Å². The van der Waals surface area contributed by atoms with Gasteiger partial charge in [-0.15, -0.1) is 0 Å². The lowest BCUT2D eigenvalue weighted by molar-refractivity contribution is -0.121. The highest BCUT2D eigenvalue weighted by molar-refractivity contribution is 6.00. The maximum atomic E-state index is 12.1. The lowest BCUT2D eigenvalue weighted by Crippen LogP contribution is -2.23. The molecule has 0 aromatic carbocycles. The van der Waals surface area contributed by atoms with Gasteiger partial charge in [0.1, 0.15) is 5.78 Å². The van der Waals surface area contributed by atoms with Gasteiger partial charge in [0.15, 0.2) is 5.78 Å². The fourth-order valence-corrected chi connectivity index (χ4v) is 2.10. The molecule has 1 unspecified atom stereocenters. The Morgan fingerprint density at radius 1 is 1.44 bits per heavy atom. The quantitative estimate of drug-likeness (QED) is 0.714. The molecule has 0 aliphatic heterocycles. The van der Waals surface area contributed by atoms with Crippen LogP contribution in [0.25, 0.3) is 0 Å². The summed E-state index contributed by atoms with van der Waals surface area (Å²) in [5.41, 5.74) is 1.53. The number of aryl methyl sites for hydroxylation is 1. The van der Waals surface area contributed by atoms with Crippen molar-refractivity contribution in [1.82, 2.24) is 4.98 Å². The van der Waals surface area contributed by atoms with Crippen LogP contribution in [0.3, 0.4) is 0 Å². The molecule has 1 aromatic rings. The van der Waals surface area contributed by atoms with Crippen LogP contribution >= 0.6 is 0 Å². The van der Waals surface area contributed by atoms with Gasteiger partial charge in [-0.05, 0) is 31.9 Å². The SMILES string of the molecule is Cc1ccc(C(=O)C2CCCC(=O)C2)cn1. The average Bonchev–Trinajstić information content (AvgIpc) is 2.29. The molecule has 1 fully saturated rings. The normalized spacial score (nSPS) is 20.8. The number of hydrogen-bond acceptors (Lipinski definition) is 3. The zero-order valence-electron chi connectivity index (χ0n) is 9.40. The van der Waals surface area contributed by atoms with Gasteiger partial charge in [-0.3, -0.25) is 14.6 Å². The van der Waals surface area contributed by atoms with Crippen molar-refractivity contribution >= 4 is 11.6 Å². The van der Waals surface area contributed by atoms with E-state index in [4.69, 9.17) is 0 Å². The van der Waals surface area contributed by atoms with E-state index >= 15 is 0 Å². The number of nitrogens with zero attached hydrogens (tertiary/aromatic N) is 1. The number of pyridine rings is 1. The minimum Gasteiger partial charge on any atom is -0.300 e. The molecular weight excluding hydrogens is 202 g/mol. The Hall–Kier alpha value is -1.51. The van der Waals surface area contributed by atoms with Gasteiger partial charge >= 0.3 is 0 Å². The van der Waals surface area contributed by atoms with Gasteiger partial charge in [-0.2, -0.15) is 0 Å². The third-order valence-electron chi connectivity index (χ3n) is 3.05. The van der Waals surface area contributed by atoms with Crippen LogP contribution in [-0.2, 0) is 4.79 Å². The highest BCUT2D eigenvalue weighted by Gasteiger charge is 2.26. The summed E-state index contributed by atoms with van der Waals surface area (Å²) in [6.45, 7) is 1.89. The molecule has 0 radical (unpaired) electrons. The zero-order valence-corrected chi connectivity index (χ0v) is 9.40. The number of aromatic nitrogens is 1. The summed E-state index contributed by atoms with van der Waals surface area (Å²) in [6, 6.07) is 3.63. The first kappa shape index (κ1) is 11.0. The molecule has 1 heterocycles. The highest BCUT2D eigenvalue weighted by atomic mass is 16.1. The van der Waals surface area contributed by atoms with Crippen molar-refractivity contribution in [1.29, 1.82) is 0 Å². The molecule has 0 N–H and O–H groups in total. The van der Waals surface area contributed by atoms with E-state index in [2.05, 4.69) is 4.98 Å². The molecule has 1 aliphatic rings. The van der Waals surface area contributed by atoms with Crippen molar-refractivity contribution in [3.8, 4) is 0 Å². The summed E-state index contributed by atoms with van der Waals surface area (Å²) in [6.07, 6.45) is 4.33. The van der Waals surface area contributed by atoms with E-state index in [9.17, 15) is 9.59 Å². The van der Waals surface area contributed by atoms with E-state index in [0.29, 0.717) is 18.4 Å². The third-order valence-corrected chi connectivity index (χ3v) is 3.05. The maximum absolute atomic E-state index is 12.1. The third kappa shape index (κ3) is 2.35. The lowest BCUT2D eigenvalue weighted by atomic mass is 9.83. The van der Waals surface area contributed by atoms with E-state index < -0.39 is 0 Å². The molecule has 0 bridgehead atoms. The van der Waals surface area contributed by atoms with Gasteiger partial charge in [-0.25, -0.2) is 0 Å². The molecule has 84 valence electrons. The summed E-state index contributed by atoms with van der Waals surface area (Å²) in [7, 11) is 0. The molecule has 0 spiro atoms. The molecule has 1 atom stereocenters. The molecule has 16 heavy (non-hydrogen) atoms. The van der Waals surface area contributed by atoms with Crippen LogP contribution < -0.4 is 0 Å². The molecule has 3 heteroatoms. The van der Waals surface area contributed by atoms with Crippen LogP contribution in [0.1, 0.15) is 41.7 Å². The van der Waals surface area contributed by atoms with Gasteiger partial charge in [-0.1, -0.05) is 0 Å². The summed E-state index contributed by atoms with van der Waals surface area (Å²) in [5.74, 6) is 0.163. The largest absolute Gasteiger partial charge is 0.300 e. The summed E-state index contributed by atoms with van der Waals surface area (Å²) >= 11 is 0. The summed E-state index contributed by atoms with van der Waals surface area (Å²) in [4.78, 5) is 27.5. The van der Waals surface area contributed by atoms with Crippen LogP contribution in [-0.4, -0.2) is 16.6 Å². The molecule has 2 rings (SSSR count). The zero-order chi connectivity index (χ0) is 11.5. The van der Waals surface area contributed by atoms with Crippen LogP contribution in [0.2, 0.25) is 0 Å². The van der Waals surface area contributed by atoms with Gasteiger partial charge < -0.3 is 0 Å². The molecule has 0 amide bonds. The number of carbonyl (C=O) groups excluding carboxylic acids is 2. The van der Waals surface area contributed by atoms with Crippen molar-refractivity contribution in [2.75, 3.05) is 0 Å². The van der Waals surface area contributed by atoms with Gasteiger partial charge in [0.25, 0.3) is 0 Å². The predicted molar refractivity (Wildman–Crippen MR) is 60.3 cm³/mol. The number of Topliss-reactive ketones (excluding diaryl/α,β-unsaturated/α-hetero) is 2. The van der Waals surface area contributed by atoms with E-state index in [0.717, 1.165) is 18.5 Å².